The van der Waals surface area contributed by atoms with Crippen molar-refractivity contribution >= 4 is 0 Å². The summed E-state index contributed by atoms with van der Waals surface area (Å²) < 4.78 is 11.5. The number of rotatable bonds is 3. The molecule has 0 aromatic rings. The Kier molecular flexibility index (Phi) is 3.45. The number of hydrogen-bond donors (Lipinski definition) is 0. The molecule has 82 valence electrons. The van der Waals surface area contributed by atoms with E-state index in [9.17, 15) is 0 Å². The largest absolute Gasteiger partial charge is 0.378 e. The molecule has 2 saturated heterocycles. The third kappa shape index (κ3) is 2.12. The maximum absolute atomic E-state index is 5.74. The fourth-order valence-electron chi connectivity index (χ4n) is 2.71. The van der Waals surface area contributed by atoms with Gasteiger partial charge < -0.3 is 9.47 Å². The molecule has 4 unspecified atom stereocenters. The van der Waals surface area contributed by atoms with Gasteiger partial charge >= 0.3 is 0 Å². The van der Waals surface area contributed by atoms with E-state index in [2.05, 4.69) is 13.8 Å². The molecule has 0 spiro atoms. The van der Waals surface area contributed by atoms with E-state index in [4.69, 9.17) is 9.47 Å². The first-order chi connectivity index (χ1) is 6.79. The molecule has 0 radical (unpaired) electrons. The molecule has 14 heavy (non-hydrogen) atoms. The van der Waals surface area contributed by atoms with E-state index in [1.165, 1.54) is 25.7 Å². The Bertz CT molecular complexity index is 149. The Morgan fingerprint density at radius 3 is 1.57 bits per heavy atom. The van der Waals surface area contributed by atoms with Crippen molar-refractivity contribution in [3.05, 3.63) is 0 Å². The molecule has 0 aromatic heterocycles. The molecule has 2 heteroatoms. The van der Waals surface area contributed by atoms with Gasteiger partial charge in [-0.3, -0.25) is 0 Å². The van der Waals surface area contributed by atoms with Crippen LogP contribution in [0.2, 0.25) is 0 Å². The summed E-state index contributed by atoms with van der Waals surface area (Å²) in [7, 11) is 0. The smallest absolute Gasteiger partial charge is 0.0605 e. The second kappa shape index (κ2) is 4.63. The number of hydrogen-bond acceptors (Lipinski definition) is 2. The van der Waals surface area contributed by atoms with E-state index in [1.54, 1.807) is 0 Å². The lowest BCUT2D eigenvalue weighted by Crippen LogP contribution is -2.31. The molecular weight excluding hydrogens is 176 g/mol. The van der Waals surface area contributed by atoms with Gasteiger partial charge in [0, 0.05) is 13.2 Å². The molecule has 0 aliphatic carbocycles. The topological polar surface area (TPSA) is 18.5 Å². The Labute approximate surface area is 87.0 Å². The van der Waals surface area contributed by atoms with Crippen molar-refractivity contribution in [2.45, 2.75) is 51.7 Å². The van der Waals surface area contributed by atoms with E-state index in [1.807, 2.05) is 0 Å². The molecule has 2 nitrogen and oxygen atoms in total. The van der Waals surface area contributed by atoms with Crippen molar-refractivity contribution < 1.29 is 9.47 Å². The van der Waals surface area contributed by atoms with Gasteiger partial charge in [0.1, 0.15) is 0 Å². The zero-order valence-electron chi connectivity index (χ0n) is 9.37. The molecule has 0 saturated carbocycles. The van der Waals surface area contributed by atoms with E-state index in [-0.39, 0.29) is 0 Å². The minimum Gasteiger partial charge on any atom is -0.378 e. The highest BCUT2D eigenvalue weighted by atomic mass is 16.5. The van der Waals surface area contributed by atoms with Crippen LogP contribution in [0.15, 0.2) is 0 Å². The molecule has 0 amide bonds. The van der Waals surface area contributed by atoms with Gasteiger partial charge in [-0.1, -0.05) is 13.8 Å². The van der Waals surface area contributed by atoms with Gasteiger partial charge in [0.05, 0.1) is 12.2 Å². The average molecular weight is 198 g/mol. The van der Waals surface area contributed by atoms with Gasteiger partial charge in [0.15, 0.2) is 0 Å². The third-order valence-electron chi connectivity index (χ3n) is 3.93. The van der Waals surface area contributed by atoms with Gasteiger partial charge in [-0.25, -0.2) is 0 Å². The van der Waals surface area contributed by atoms with Crippen molar-refractivity contribution in [3.8, 4) is 0 Å². The van der Waals surface area contributed by atoms with Crippen LogP contribution in [0.3, 0.4) is 0 Å². The van der Waals surface area contributed by atoms with Gasteiger partial charge in [-0.2, -0.15) is 0 Å². The molecule has 4 atom stereocenters. The fourth-order valence-corrected chi connectivity index (χ4v) is 2.71. The summed E-state index contributed by atoms with van der Waals surface area (Å²) in [4.78, 5) is 0. The second-order valence-electron chi connectivity index (χ2n) is 4.82. The van der Waals surface area contributed by atoms with Crippen LogP contribution in [-0.4, -0.2) is 25.4 Å². The number of ether oxygens (including phenoxy) is 2. The first kappa shape index (κ1) is 10.4. The minimum atomic E-state index is 0.495. The van der Waals surface area contributed by atoms with Crippen molar-refractivity contribution in [1.29, 1.82) is 0 Å². The quantitative estimate of drug-likeness (QED) is 0.694. The van der Waals surface area contributed by atoms with Gasteiger partial charge in [0.2, 0.25) is 0 Å². The minimum absolute atomic E-state index is 0.495. The highest BCUT2D eigenvalue weighted by molar-refractivity contribution is 4.81. The molecule has 2 heterocycles. The van der Waals surface area contributed by atoms with Crippen LogP contribution < -0.4 is 0 Å². The normalized spacial score (nSPS) is 37.3. The summed E-state index contributed by atoms with van der Waals surface area (Å²) in [5.41, 5.74) is 0. The summed E-state index contributed by atoms with van der Waals surface area (Å²) in [5, 5.41) is 0. The summed E-state index contributed by atoms with van der Waals surface area (Å²) in [6.07, 6.45) is 5.97. The Morgan fingerprint density at radius 2 is 1.29 bits per heavy atom. The van der Waals surface area contributed by atoms with Crippen molar-refractivity contribution in [3.63, 3.8) is 0 Å². The zero-order valence-corrected chi connectivity index (χ0v) is 9.37. The SMILES string of the molecule is CC(C1CCCO1)C(C)C1CCCO1. The molecule has 2 aliphatic heterocycles. The van der Waals surface area contributed by atoms with Crippen LogP contribution in [0.1, 0.15) is 39.5 Å². The Morgan fingerprint density at radius 1 is 0.857 bits per heavy atom. The fraction of sp³-hybridized carbons (Fsp3) is 1.00. The highest BCUT2D eigenvalue weighted by Crippen LogP contribution is 2.32. The van der Waals surface area contributed by atoms with Crippen LogP contribution in [0.4, 0.5) is 0 Å². The zero-order chi connectivity index (χ0) is 9.97. The predicted molar refractivity (Wildman–Crippen MR) is 56.3 cm³/mol. The van der Waals surface area contributed by atoms with Crippen LogP contribution in [0, 0.1) is 11.8 Å². The van der Waals surface area contributed by atoms with Crippen molar-refractivity contribution in [1.82, 2.24) is 0 Å². The lowest BCUT2D eigenvalue weighted by atomic mass is 9.84. The molecule has 0 aromatic carbocycles. The summed E-state index contributed by atoms with van der Waals surface area (Å²) >= 11 is 0. The van der Waals surface area contributed by atoms with Crippen molar-refractivity contribution in [2.75, 3.05) is 13.2 Å². The van der Waals surface area contributed by atoms with E-state index in [0.29, 0.717) is 24.0 Å². The average Bonchev–Trinajstić information content (AvgIpc) is 2.87. The van der Waals surface area contributed by atoms with Crippen LogP contribution >= 0.6 is 0 Å². The molecule has 0 bridgehead atoms. The van der Waals surface area contributed by atoms with E-state index < -0.39 is 0 Å². The molecular formula is C12H22O2. The van der Waals surface area contributed by atoms with Crippen LogP contribution in [0.25, 0.3) is 0 Å². The second-order valence-corrected chi connectivity index (χ2v) is 4.82. The molecule has 0 N–H and O–H groups in total. The van der Waals surface area contributed by atoms with Crippen LogP contribution in [-0.2, 0) is 9.47 Å². The maximum Gasteiger partial charge on any atom is 0.0605 e. The van der Waals surface area contributed by atoms with Gasteiger partial charge in [0.25, 0.3) is 0 Å². The summed E-state index contributed by atoms with van der Waals surface area (Å²) in [6.45, 7) is 6.57. The Hall–Kier alpha value is -0.0800. The van der Waals surface area contributed by atoms with Crippen molar-refractivity contribution in [2.24, 2.45) is 11.8 Å². The molecule has 2 aliphatic rings. The van der Waals surface area contributed by atoms with Gasteiger partial charge in [-0.15, -0.1) is 0 Å². The predicted octanol–water partition coefficient (Wildman–Crippen LogP) is 2.62. The highest BCUT2D eigenvalue weighted by Gasteiger charge is 2.32. The standard InChI is InChI=1S/C12H22O2/c1-9(11-5-3-7-13-11)10(2)12-6-4-8-14-12/h9-12H,3-8H2,1-2H3. The van der Waals surface area contributed by atoms with E-state index in [0.717, 1.165) is 13.2 Å². The van der Waals surface area contributed by atoms with Gasteiger partial charge in [-0.05, 0) is 37.5 Å². The lowest BCUT2D eigenvalue weighted by molar-refractivity contribution is -0.00541. The lowest BCUT2D eigenvalue weighted by Gasteiger charge is -2.29. The third-order valence-corrected chi connectivity index (χ3v) is 3.93. The Balaban J connectivity index is 1.85. The maximum atomic E-state index is 5.74. The first-order valence-corrected chi connectivity index (χ1v) is 6.02. The molecule has 2 rings (SSSR count). The van der Waals surface area contributed by atoms with E-state index >= 15 is 0 Å². The summed E-state index contributed by atoms with van der Waals surface area (Å²) in [6, 6.07) is 0. The molecule has 2 fully saturated rings. The monoisotopic (exact) mass is 198 g/mol. The summed E-state index contributed by atoms with van der Waals surface area (Å²) in [5.74, 6) is 1.31. The van der Waals surface area contributed by atoms with Crippen LogP contribution in [0.5, 0.6) is 0 Å². The first-order valence-electron chi connectivity index (χ1n) is 6.02.